The Kier molecular flexibility index (Phi) is 2.83. The summed E-state index contributed by atoms with van der Waals surface area (Å²) in [6.07, 6.45) is 2.44. The molecule has 1 fully saturated rings. The maximum atomic E-state index is 12.2. The van der Waals surface area contributed by atoms with Crippen molar-refractivity contribution in [2.24, 2.45) is 11.8 Å². The summed E-state index contributed by atoms with van der Waals surface area (Å²) in [6, 6.07) is 0. The molecule has 0 radical (unpaired) electrons. The number of nitrogens with one attached hydrogen (secondary N) is 1. The van der Waals surface area contributed by atoms with Crippen molar-refractivity contribution in [1.29, 1.82) is 0 Å². The lowest BCUT2D eigenvalue weighted by molar-refractivity contribution is -0.145. The molecule has 2 aliphatic rings. The zero-order valence-electron chi connectivity index (χ0n) is 9.94. The Labute approximate surface area is 112 Å². The van der Waals surface area contributed by atoms with Gasteiger partial charge in [-0.2, -0.15) is 0 Å². The van der Waals surface area contributed by atoms with Crippen molar-refractivity contribution in [3.63, 3.8) is 0 Å². The van der Waals surface area contributed by atoms with Gasteiger partial charge in [-0.1, -0.05) is 23.5 Å². The van der Waals surface area contributed by atoms with E-state index in [9.17, 15) is 14.7 Å². The van der Waals surface area contributed by atoms with E-state index < -0.39 is 30.0 Å². The molecular weight excluding hydrogens is 270 g/mol. The minimum absolute atomic E-state index is 0.374. The number of carbonyl (C=O) groups is 2. The fraction of sp³-hybridized carbons (Fsp3) is 0.455. The number of ether oxygens (including phenoxy) is 1. The molecule has 1 aromatic heterocycles. The highest BCUT2D eigenvalue weighted by Gasteiger charge is 2.53. The number of anilines is 1. The van der Waals surface area contributed by atoms with Gasteiger partial charge >= 0.3 is 5.97 Å². The fourth-order valence-electron chi connectivity index (χ4n) is 2.45. The van der Waals surface area contributed by atoms with Crippen LogP contribution in [0.4, 0.5) is 5.13 Å². The summed E-state index contributed by atoms with van der Waals surface area (Å²) in [4.78, 5) is 23.4. The van der Waals surface area contributed by atoms with Crippen molar-refractivity contribution in [2.45, 2.75) is 19.1 Å². The highest BCUT2D eigenvalue weighted by molar-refractivity contribution is 7.15. The number of carboxylic acid groups (broad SMARTS) is 1. The molecule has 2 bridgehead atoms. The zero-order chi connectivity index (χ0) is 13.6. The minimum atomic E-state index is -1.02. The second-order valence-electron chi connectivity index (χ2n) is 4.46. The zero-order valence-corrected chi connectivity index (χ0v) is 10.8. The van der Waals surface area contributed by atoms with E-state index in [-0.39, 0.29) is 5.91 Å². The van der Waals surface area contributed by atoms with Crippen LogP contribution in [0.5, 0.6) is 0 Å². The van der Waals surface area contributed by atoms with Gasteiger partial charge in [-0.15, -0.1) is 10.2 Å². The molecule has 4 atom stereocenters. The molecule has 0 unspecified atom stereocenters. The number of rotatable bonds is 3. The number of nitrogens with zero attached hydrogens (tertiary/aromatic N) is 2. The Morgan fingerprint density at radius 1 is 1.32 bits per heavy atom. The van der Waals surface area contributed by atoms with E-state index in [1.54, 1.807) is 19.1 Å². The SMILES string of the molecule is Cc1nnc(NC(=O)[C@H]2[C@@H](C(=O)O)[C@H]3C=C[C@@H]2O3)s1. The van der Waals surface area contributed by atoms with Crippen molar-refractivity contribution < 1.29 is 19.4 Å². The predicted molar refractivity (Wildman–Crippen MR) is 65.7 cm³/mol. The van der Waals surface area contributed by atoms with Crippen LogP contribution in [-0.2, 0) is 14.3 Å². The number of aliphatic carboxylic acids is 1. The first-order valence-corrected chi connectivity index (χ1v) is 6.55. The highest BCUT2D eigenvalue weighted by atomic mass is 32.1. The quantitative estimate of drug-likeness (QED) is 0.779. The molecule has 1 amide bonds. The van der Waals surface area contributed by atoms with E-state index in [0.717, 1.165) is 5.01 Å². The molecule has 100 valence electrons. The smallest absolute Gasteiger partial charge is 0.310 e. The Morgan fingerprint density at radius 2 is 2.00 bits per heavy atom. The fourth-order valence-corrected chi connectivity index (χ4v) is 3.05. The van der Waals surface area contributed by atoms with Crippen LogP contribution in [-0.4, -0.2) is 39.4 Å². The van der Waals surface area contributed by atoms with Crippen molar-refractivity contribution in [1.82, 2.24) is 10.2 Å². The molecule has 7 nitrogen and oxygen atoms in total. The Morgan fingerprint density at radius 3 is 2.58 bits per heavy atom. The molecule has 0 saturated carbocycles. The van der Waals surface area contributed by atoms with Gasteiger partial charge in [0.25, 0.3) is 0 Å². The third-order valence-corrected chi connectivity index (χ3v) is 4.00. The van der Waals surface area contributed by atoms with E-state index in [4.69, 9.17) is 4.74 Å². The Bertz CT molecular complexity index is 570. The predicted octanol–water partition coefficient (Wildman–Crippen LogP) is 0.439. The lowest BCUT2D eigenvalue weighted by atomic mass is 9.82. The largest absolute Gasteiger partial charge is 0.481 e. The average molecular weight is 281 g/mol. The van der Waals surface area contributed by atoms with Gasteiger partial charge in [0.05, 0.1) is 18.1 Å². The second kappa shape index (κ2) is 4.39. The molecule has 3 heterocycles. The number of aryl methyl sites for hydroxylation is 1. The van der Waals surface area contributed by atoms with E-state index in [1.807, 2.05) is 0 Å². The second-order valence-corrected chi connectivity index (χ2v) is 5.64. The van der Waals surface area contributed by atoms with Gasteiger partial charge in [0.2, 0.25) is 11.0 Å². The number of amides is 1. The minimum Gasteiger partial charge on any atom is -0.481 e. The summed E-state index contributed by atoms with van der Waals surface area (Å²) >= 11 is 1.24. The summed E-state index contributed by atoms with van der Waals surface area (Å²) in [6.45, 7) is 1.77. The van der Waals surface area contributed by atoms with Gasteiger partial charge in [-0.25, -0.2) is 0 Å². The Balaban J connectivity index is 1.79. The van der Waals surface area contributed by atoms with Crippen molar-refractivity contribution >= 4 is 28.3 Å². The molecule has 2 N–H and O–H groups in total. The Hall–Kier alpha value is -1.80. The topological polar surface area (TPSA) is 101 Å². The maximum absolute atomic E-state index is 12.2. The van der Waals surface area contributed by atoms with Crippen LogP contribution in [0.2, 0.25) is 0 Å². The van der Waals surface area contributed by atoms with E-state index in [0.29, 0.717) is 5.13 Å². The van der Waals surface area contributed by atoms with Gasteiger partial charge in [-0.3, -0.25) is 9.59 Å². The van der Waals surface area contributed by atoms with Crippen molar-refractivity contribution in [3.8, 4) is 0 Å². The summed E-state index contributed by atoms with van der Waals surface area (Å²) in [5.74, 6) is -2.98. The first-order chi connectivity index (χ1) is 9.06. The van der Waals surface area contributed by atoms with E-state index in [2.05, 4.69) is 15.5 Å². The molecule has 2 aliphatic heterocycles. The van der Waals surface area contributed by atoms with Crippen LogP contribution in [0.3, 0.4) is 0 Å². The average Bonchev–Trinajstić information content (AvgIpc) is 3.03. The van der Waals surface area contributed by atoms with Crippen molar-refractivity contribution in [3.05, 3.63) is 17.2 Å². The summed E-state index contributed by atoms with van der Waals surface area (Å²) < 4.78 is 5.44. The molecule has 0 aliphatic carbocycles. The van der Waals surface area contributed by atoms with Gasteiger partial charge in [-0.05, 0) is 6.92 Å². The van der Waals surface area contributed by atoms with Gasteiger partial charge in [0.15, 0.2) is 0 Å². The van der Waals surface area contributed by atoms with Crippen LogP contribution in [0.15, 0.2) is 12.2 Å². The third-order valence-electron chi connectivity index (χ3n) is 3.24. The molecule has 1 aromatic rings. The molecular formula is C11H11N3O4S. The van der Waals surface area contributed by atoms with E-state index in [1.165, 1.54) is 11.3 Å². The number of hydrogen-bond acceptors (Lipinski definition) is 6. The van der Waals surface area contributed by atoms with Crippen LogP contribution in [0.1, 0.15) is 5.01 Å². The standard InChI is InChI=1S/C11H11N3O4S/c1-4-13-14-11(19-4)12-9(15)7-5-2-3-6(18-5)8(7)10(16)17/h2-3,5-8H,1H3,(H,16,17)(H,12,14,15)/t5-,6+,7+,8-/m0/s1. The maximum Gasteiger partial charge on any atom is 0.310 e. The molecule has 0 spiro atoms. The molecule has 8 heteroatoms. The third kappa shape index (κ3) is 2.02. The lowest BCUT2D eigenvalue weighted by Crippen LogP contribution is -2.39. The molecule has 1 saturated heterocycles. The van der Waals surface area contributed by atoms with E-state index >= 15 is 0 Å². The molecule has 3 rings (SSSR count). The van der Waals surface area contributed by atoms with Gasteiger partial charge in [0, 0.05) is 0 Å². The van der Waals surface area contributed by atoms with Gasteiger partial charge in [0.1, 0.15) is 10.9 Å². The first-order valence-electron chi connectivity index (χ1n) is 5.74. The number of carboxylic acids is 1. The lowest BCUT2D eigenvalue weighted by Gasteiger charge is -2.20. The van der Waals surface area contributed by atoms with Crippen LogP contribution in [0.25, 0.3) is 0 Å². The number of aromatic nitrogens is 2. The monoisotopic (exact) mass is 281 g/mol. The van der Waals surface area contributed by atoms with Crippen LogP contribution in [0, 0.1) is 18.8 Å². The highest BCUT2D eigenvalue weighted by Crippen LogP contribution is 2.39. The van der Waals surface area contributed by atoms with Crippen LogP contribution < -0.4 is 5.32 Å². The molecule has 0 aromatic carbocycles. The number of hydrogen-bond donors (Lipinski definition) is 2. The first kappa shape index (κ1) is 12.2. The normalized spacial score (nSPS) is 31.6. The number of fused-ring (bicyclic) bond motifs is 2. The molecule has 19 heavy (non-hydrogen) atoms. The number of carbonyl (C=O) groups excluding carboxylic acids is 1. The summed E-state index contributed by atoms with van der Waals surface area (Å²) in [7, 11) is 0. The van der Waals surface area contributed by atoms with Crippen LogP contribution >= 0.6 is 11.3 Å². The summed E-state index contributed by atoms with van der Waals surface area (Å²) in [5.41, 5.74) is 0. The summed E-state index contributed by atoms with van der Waals surface area (Å²) in [5, 5.41) is 20.5. The van der Waals surface area contributed by atoms with Crippen molar-refractivity contribution in [2.75, 3.05) is 5.32 Å². The van der Waals surface area contributed by atoms with Gasteiger partial charge < -0.3 is 15.2 Å².